The van der Waals surface area contributed by atoms with E-state index in [2.05, 4.69) is 4.98 Å². The number of rotatable bonds is 3. The molecule has 5 nitrogen and oxygen atoms in total. The van der Waals surface area contributed by atoms with Crippen LogP contribution in [-0.4, -0.2) is 34.0 Å². The largest absolute Gasteiger partial charge is 0.508 e. The lowest BCUT2D eigenvalue weighted by Gasteiger charge is -2.19. The molecule has 1 aliphatic heterocycles. The summed E-state index contributed by atoms with van der Waals surface area (Å²) in [5.41, 5.74) is 0.924. The van der Waals surface area contributed by atoms with E-state index in [1.54, 1.807) is 40.6 Å². The number of aromatic hydroxyl groups is 1. The molecule has 0 saturated carbocycles. The normalized spacial score (nSPS) is 14.2. The zero-order valence-electron chi connectivity index (χ0n) is 11.5. The van der Waals surface area contributed by atoms with Crippen molar-refractivity contribution in [2.45, 2.75) is 19.4 Å². The SMILES string of the molecule is O=C(CCc1nccs1)N1CCOc2cc(O)ccc2C1. The highest BCUT2D eigenvalue weighted by Crippen LogP contribution is 2.27. The van der Waals surface area contributed by atoms with Crippen LogP contribution >= 0.6 is 11.3 Å². The Morgan fingerprint density at radius 1 is 1.48 bits per heavy atom. The number of fused-ring (bicyclic) bond motifs is 1. The van der Waals surface area contributed by atoms with E-state index in [1.807, 2.05) is 5.38 Å². The van der Waals surface area contributed by atoms with Crippen LogP contribution in [0.4, 0.5) is 0 Å². The number of nitrogens with zero attached hydrogens (tertiary/aromatic N) is 2. The van der Waals surface area contributed by atoms with Gasteiger partial charge < -0.3 is 14.7 Å². The Morgan fingerprint density at radius 3 is 3.19 bits per heavy atom. The van der Waals surface area contributed by atoms with Crippen LogP contribution in [0.1, 0.15) is 17.0 Å². The summed E-state index contributed by atoms with van der Waals surface area (Å²) in [5, 5.41) is 12.4. The maximum Gasteiger partial charge on any atom is 0.223 e. The lowest BCUT2D eigenvalue weighted by atomic mass is 10.1. The minimum atomic E-state index is 0.106. The van der Waals surface area contributed by atoms with Crippen molar-refractivity contribution in [2.75, 3.05) is 13.2 Å². The molecular formula is C15H16N2O3S. The van der Waals surface area contributed by atoms with E-state index in [1.165, 1.54) is 0 Å². The lowest BCUT2D eigenvalue weighted by Crippen LogP contribution is -2.32. The van der Waals surface area contributed by atoms with Crippen LogP contribution in [0.2, 0.25) is 0 Å². The summed E-state index contributed by atoms with van der Waals surface area (Å²) in [5.74, 6) is 0.942. The third kappa shape index (κ3) is 3.33. The van der Waals surface area contributed by atoms with Gasteiger partial charge in [-0.3, -0.25) is 4.79 Å². The summed E-state index contributed by atoms with van der Waals surface area (Å²) in [6.07, 6.45) is 2.89. The van der Waals surface area contributed by atoms with Crippen molar-refractivity contribution in [2.24, 2.45) is 0 Å². The molecule has 3 rings (SSSR count). The second-order valence-electron chi connectivity index (χ2n) is 4.88. The van der Waals surface area contributed by atoms with E-state index in [0.29, 0.717) is 38.3 Å². The predicted octanol–water partition coefficient (Wildman–Crippen LogP) is 2.20. The third-order valence-electron chi connectivity index (χ3n) is 3.42. The maximum atomic E-state index is 12.3. The number of thiazole rings is 1. The van der Waals surface area contributed by atoms with Gasteiger partial charge in [-0.25, -0.2) is 4.98 Å². The molecule has 0 saturated heterocycles. The second-order valence-corrected chi connectivity index (χ2v) is 5.86. The van der Waals surface area contributed by atoms with E-state index in [4.69, 9.17) is 4.74 Å². The molecule has 0 bridgehead atoms. The standard InChI is InChI=1S/C15H16N2O3S/c18-12-2-1-11-10-17(6-7-20-13(11)9-12)15(19)4-3-14-16-5-8-21-14/h1-2,5,8-9,18H,3-4,6-7,10H2. The Labute approximate surface area is 126 Å². The summed E-state index contributed by atoms with van der Waals surface area (Å²) in [6, 6.07) is 5.02. The quantitative estimate of drug-likeness (QED) is 0.944. The van der Waals surface area contributed by atoms with E-state index in [0.717, 1.165) is 10.6 Å². The molecule has 2 aromatic rings. The molecule has 0 atom stereocenters. The van der Waals surface area contributed by atoms with E-state index >= 15 is 0 Å². The summed E-state index contributed by atoms with van der Waals surface area (Å²) < 4.78 is 5.60. The first kappa shape index (κ1) is 13.9. The zero-order chi connectivity index (χ0) is 14.7. The van der Waals surface area contributed by atoms with Crippen LogP contribution in [-0.2, 0) is 17.8 Å². The average Bonchev–Trinajstić information content (AvgIpc) is 2.90. The van der Waals surface area contributed by atoms with Gasteiger partial charge in [0.05, 0.1) is 11.6 Å². The molecule has 0 aliphatic carbocycles. The van der Waals surface area contributed by atoms with E-state index in [-0.39, 0.29) is 11.7 Å². The number of amides is 1. The number of phenols is 1. The number of hydrogen-bond acceptors (Lipinski definition) is 5. The predicted molar refractivity (Wildman–Crippen MR) is 79.5 cm³/mol. The molecule has 2 heterocycles. The Bertz CT molecular complexity index is 628. The number of aromatic nitrogens is 1. The smallest absolute Gasteiger partial charge is 0.223 e. The lowest BCUT2D eigenvalue weighted by molar-refractivity contribution is -0.131. The van der Waals surface area contributed by atoms with Crippen molar-refractivity contribution in [3.05, 3.63) is 40.3 Å². The monoisotopic (exact) mass is 304 g/mol. The molecule has 0 radical (unpaired) electrons. The highest BCUT2D eigenvalue weighted by Gasteiger charge is 2.20. The van der Waals surface area contributed by atoms with Crippen molar-refractivity contribution < 1.29 is 14.6 Å². The molecule has 1 N–H and O–H groups in total. The van der Waals surface area contributed by atoms with Gasteiger partial charge in [0, 0.05) is 42.6 Å². The van der Waals surface area contributed by atoms with Gasteiger partial charge in [-0.2, -0.15) is 0 Å². The van der Waals surface area contributed by atoms with Crippen LogP contribution in [0, 0.1) is 0 Å². The average molecular weight is 304 g/mol. The molecular weight excluding hydrogens is 288 g/mol. The van der Waals surface area contributed by atoms with Gasteiger partial charge in [0.1, 0.15) is 18.1 Å². The van der Waals surface area contributed by atoms with Crippen molar-refractivity contribution in [1.82, 2.24) is 9.88 Å². The van der Waals surface area contributed by atoms with E-state index < -0.39 is 0 Å². The molecule has 1 aromatic heterocycles. The highest BCUT2D eigenvalue weighted by molar-refractivity contribution is 7.09. The van der Waals surface area contributed by atoms with Crippen LogP contribution < -0.4 is 4.74 Å². The van der Waals surface area contributed by atoms with Gasteiger partial charge in [-0.05, 0) is 12.1 Å². The minimum absolute atomic E-state index is 0.106. The molecule has 0 fully saturated rings. The fourth-order valence-electron chi connectivity index (χ4n) is 2.32. The van der Waals surface area contributed by atoms with Crippen molar-refractivity contribution >= 4 is 17.2 Å². The van der Waals surface area contributed by atoms with Crippen molar-refractivity contribution in [3.8, 4) is 11.5 Å². The second kappa shape index (κ2) is 6.13. The summed E-state index contributed by atoms with van der Waals surface area (Å²) in [4.78, 5) is 18.3. The zero-order valence-corrected chi connectivity index (χ0v) is 12.3. The molecule has 6 heteroatoms. The van der Waals surface area contributed by atoms with Gasteiger partial charge in [0.2, 0.25) is 5.91 Å². The number of hydrogen-bond donors (Lipinski definition) is 1. The molecule has 0 spiro atoms. The Hall–Kier alpha value is -2.08. The number of phenolic OH excluding ortho intramolecular Hbond substituents is 1. The molecule has 110 valence electrons. The van der Waals surface area contributed by atoms with Gasteiger partial charge in [-0.1, -0.05) is 0 Å². The number of carbonyl (C=O) groups is 1. The summed E-state index contributed by atoms with van der Waals surface area (Å²) in [7, 11) is 0. The number of ether oxygens (including phenoxy) is 1. The molecule has 21 heavy (non-hydrogen) atoms. The van der Waals surface area contributed by atoms with Gasteiger partial charge >= 0.3 is 0 Å². The Balaban J connectivity index is 1.65. The van der Waals surface area contributed by atoms with Crippen LogP contribution in [0.15, 0.2) is 29.8 Å². The fourth-order valence-corrected chi connectivity index (χ4v) is 2.94. The molecule has 1 aliphatic rings. The first-order valence-corrected chi connectivity index (χ1v) is 7.71. The van der Waals surface area contributed by atoms with Gasteiger partial charge in [0.25, 0.3) is 0 Å². The summed E-state index contributed by atoms with van der Waals surface area (Å²) in [6.45, 7) is 1.53. The topological polar surface area (TPSA) is 62.7 Å². The maximum absolute atomic E-state index is 12.3. The van der Waals surface area contributed by atoms with Crippen molar-refractivity contribution in [3.63, 3.8) is 0 Å². The van der Waals surface area contributed by atoms with Gasteiger partial charge in [0.15, 0.2) is 0 Å². The van der Waals surface area contributed by atoms with Crippen LogP contribution in [0.25, 0.3) is 0 Å². The first-order valence-electron chi connectivity index (χ1n) is 6.83. The summed E-state index contributed by atoms with van der Waals surface area (Å²) >= 11 is 1.57. The van der Waals surface area contributed by atoms with Gasteiger partial charge in [-0.15, -0.1) is 11.3 Å². The van der Waals surface area contributed by atoms with Crippen LogP contribution in [0.3, 0.4) is 0 Å². The van der Waals surface area contributed by atoms with E-state index in [9.17, 15) is 9.90 Å². The molecule has 0 unspecified atom stereocenters. The number of carbonyl (C=O) groups excluding carboxylic acids is 1. The molecule has 1 amide bonds. The Morgan fingerprint density at radius 2 is 2.38 bits per heavy atom. The third-order valence-corrected chi connectivity index (χ3v) is 4.26. The highest BCUT2D eigenvalue weighted by atomic mass is 32.1. The molecule has 1 aromatic carbocycles. The fraction of sp³-hybridized carbons (Fsp3) is 0.333. The Kier molecular flexibility index (Phi) is 4.06. The minimum Gasteiger partial charge on any atom is -0.508 e. The van der Waals surface area contributed by atoms with Crippen LogP contribution in [0.5, 0.6) is 11.5 Å². The van der Waals surface area contributed by atoms with Crippen molar-refractivity contribution in [1.29, 1.82) is 0 Å². The first-order chi connectivity index (χ1) is 10.2. The number of aryl methyl sites for hydroxylation is 1. The number of benzene rings is 1.